The van der Waals surface area contributed by atoms with Gasteiger partial charge in [-0.15, -0.1) is 11.3 Å². The van der Waals surface area contributed by atoms with E-state index in [1.807, 2.05) is 56.3 Å². The highest BCUT2D eigenvalue weighted by Crippen LogP contribution is 2.32. The summed E-state index contributed by atoms with van der Waals surface area (Å²) in [6, 6.07) is 13.0. The van der Waals surface area contributed by atoms with Crippen LogP contribution in [0.1, 0.15) is 17.4 Å². The van der Waals surface area contributed by atoms with E-state index < -0.39 is 0 Å². The highest BCUT2D eigenvalue weighted by molar-refractivity contribution is 7.16. The molecule has 29 heavy (non-hydrogen) atoms. The number of aryl methyl sites for hydroxylation is 1. The van der Waals surface area contributed by atoms with Gasteiger partial charge >= 0.3 is 0 Å². The molecule has 5 nitrogen and oxygen atoms in total. The van der Waals surface area contributed by atoms with Crippen LogP contribution in [-0.2, 0) is 4.79 Å². The fourth-order valence-corrected chi connectivity index (χ4v) is 3.76. The van der Waals surface area contributed by atoms with E-state index in [1.54, 1.807) is 13.2 Å². The number of carbonyl (C=O) groups is 1. The van der Waals surface area contributed by atoms with Crippen molar-refractivity contribution in [2.45, 2.75) is 13.8 Å². The smallest absolute Gasteiger partial charge is 0.250 e. The number of amides is 1. The molecule has 0 fully saturated rings. The van der Waals surface area contributed by atoms with Crippen LogP contribution in [0.5, 0.6) is 11.5 Å². The monoisotopic (exact) mass is 428 g/mol. The van der Waals surface area contributed by atoms with E-state index in [9.17, 15) is 4.79 Å². The average Bonchev–Trinajstić information content (AvgIpc) is 3.07. The van der Waals surface area contributed by atoms with Crippen LogP contribution in [-0.4, -0.2) is 24.6 Å². The third-order valence-corrected chi connectivity index (χ3v) is 5.16. The number of anilines is 1. The Morgan fingerprint density at radius 1 is 1.24 bits per heavy atom. The fraction of sp³-hybridized carbons (Fsp3) is 0.182. The topological polar surface area (TPSA) is 60.5 Å². The van der Waals surface area contributed by atoms with Gasteiger partial charge in [0.2, 0.25) is 5.91 Å². The first-order valence-corrected chi connectivity index (χ1v) is 10.2. The number of ether oxygens (including phenoxy) is 2. The lowest BCUT2D eigenvalue weighted by Gasteiger charge is -2.09. The van der Waals surface area contributed by atoms with Gasteiger partial charge in [0, 0.05) is 21.5 Å². The molecule has 3 rings (SSSR count). The summed E-state index contributed by atoms with van der Waals surface area (Å²) in [5.74, 6) is 1.03. The van der Waals surface area contributed by atoms with E-state index in [0.29, 0.717) is 28.3 Å². The molecule has 1 amide bonds. The van der Waals surface area contributed by atoms with E-state index in [4.69, 9.17) is 21.1 Å². The molecule has 0 unspecified atom stereocenters. The van der Waals surface area contributed by atoms with Gasteiger partial charge in [-0.05, 0) is 49.8 Å². The normalized spacial score (nSPS) is 10.9. The first-order chi connectivity index (χ1) is 14.0. The zero-order valence-corrected chi connectivity index (χ0v) is 17.9. The predicted molar refractivity (Wildman–Crippen MR) is 119 cm³/mol. The van der Waals surface area contributed by atoms with Crippen LogP contribution in [0.2, 0.25) is 5.02 Å². The lowest BCUT2D eigenvalue weighted by Crippen LogP contribution is -2.07. The molecule has 0 radical (unpaired) electrons. The molecule has 0 aliphatic heterocycles. The molecule has 0 saturated carbocycles. The highest BCUT2D eigenvalue weighted by atomic mass is 35.5. The molecule has 0 spiro atoms. The van der Waals surface area contributed by atoms with Crippen LogP contribution < -0.4 is 14.8 Å². The maximum Gasteiger partial charge on any atom is 0.250 e. The Labute approximate surface area is 179 Å². The highest BCUT2D eigenvalue weighted by Gasteiger charge is 2.11. The molecular formula is C22H21ClN2O3S. The van der Waals surface area contributed by atoms with Crippen molar-refractivity contribution in [1.29, 1.82) is 0 Å². The molecule has 0 atom stereocenters. The van der Waals surface area contributed by atoms with Crippen molar-refractivity contribution in [3.63, 3.8) is 0 Å². The number of methoxy groups -OCH3 is 1. The maximum absolute atomic E-state index is 12.3. The molecule has 0 bridgehead atoms. The van der Waals surface area contributed by atoms with Crippen LogP contribution in [0.15, 0.2) is 48.5 Å². The molecule has 1 heterocycles. The number of nitrogens with one attached hydrogen (secondary N) is 1. The SMILES string of the molecule is CCOc1ccc(C=CC(=O)Nc2nc(-c3cccc(Cl)c3)c(C)s2)cc1OC. The Kier molecular flexibility index (Phi) is 6.90. The van der Waals surface area contributed by atoms with Crippen LogP contribution in [0, 0.1) is 6.92 Å². The van der Waals surface area contributed by atoms with Gasteiger partial charge in [-0.1, -0.05) is 29.8 Å². The van der Waals surface area contributed by atoms with Crippen LogP contribution in [0.4, 0.5) is 5.13 Å². The van der Waals surface area contributed by atoms with E-state index in [1.165, 1.54) is 17.4 Å². The first-order valence-electron chi connectivity index (χ1n) is 9.03. The molecule has 3 aromatic rings. The van der Waals surface area contributed by atoms with E-state index in [-0.39, 0.29) is 5.91 Å². The van der Waals surface area contributed by atoms with Crippen molar-refractivity contribution in [3.05, 3.63) is 64.0 Å². The standard InChI is InChI=1S/C22H21ClN2O3S/c1-4-28-18-10-8-15(12-19(18)27-3)9-11-20(26)24-22-25-21(14(2)29-22)16-6-5-7-17(23)13-16/h5-13H,4H2,1-3H3,(H,24,25,26). The largest absolute Gasteiger partial charge is 0.493 e. The quantitative estimate of drug-likeness (QED) is 0.481. The summed E-state index contributed by atoms with van der Waals surface area (Å²) in [5.41, 5.74) is 2.56. The zero-order chi connectivity index (χ0) is 20.8. The molecule has 1 aromatic heterocycles. The van der Waals surface area contributed by atoms with Gasteiger partial charge in [0.15, 0.2) is 16.6 Å². The molecule has 0 aliphatic carbocycles. The number of nitrogens with zero attached hydrogens (tertiary/aromatic N) is 1. The second kappa shape index (κ2) is 9.58. The number of hydrogen-bond donors (Lipinski definition) is 1. The van der Waals surface area contributed by atoms with Crippen molar-refractivity contribution in [1.82, 2.24) is 4.98 Å². The number of hydrogen-bond acceptors (Lipinski definition) is 5. The summed E-state index contributed by atoms with van der Waals surface area (Å²) in [4.78, 5) is 17.8. The lowest BCUT2D eigenvalue weighted by molar-refractivity contribution is -0.111. The molecule has 2 aromatic carbocycles. The summed E-state index contributed by atoms with van der Waals surface area (Å²) in [6.45, 7) is 4.43. The minimum atomic E-state index is -0.260. The second-order valence-corrected chi connectivity index (χ2v) is 7.74. The minimum absolute atomic E-state index is 0.260. The predicted octanol–water partition coefficient (Wildman–Crippen LogP) is 5.83. The minimum Gasteiger partial charge on any atom is -0.493 e. The Hall–Kier alpha value is -2.83. The van der Waals surface area contributed by atoms with Gasteiger partial charge in [-0.25, -0.2) is 4.98 Å². The molecule has 7 heteroatoms. The molecule has 150 valence electrons. The van der Waals surface area contributed by atoms with Gasteiger partial charge in [0.25, 0.3) is 0 Å². The van der Waals surface area contributed by atoms with Gasteiger partial charge < -0.3 is 9.47 Å². The Morgan fingerprint density at radius 3 is 2.79 bits per heavy atom. The number of benzene rings is 2. The van der Waals surface area contributed by atoms with Crippen LogP contribution in [0.3, 0.4) is 0 Å². The summed E-state index contributed by atoms with van der Waals surface area (Å²) in [7, 11) is 1.58. The number of carbonyl (C=O) groups excluding carboxylic acids is 1. The van der Waals surface area contributed by atoms with E-state index in [2.05, 4.69) is 10.3 Å². The summed E-state index contributed by atoms with van der Waals surface area (Å²) in [6.07, 6.45) is 3.18. The van der Waals surface area contributed by atoms with Gasteiger partial charge in [0.05, 0.1) is 19.4 Å². The van der Waals surface area contributed by atoms with Crippen LogP contribution in [0.25, 0.3) is 17.3 Å². The first kappa shape index (κ1) is 20.9. The van der Waals surface area contributed by atoms with E-state index in [0.717, 1.165) is 21.7 Å². The molecule has 1 N–H and O–H groups in total. The second-order valence-electron chi connectivity index (χ2n) is 6.10. The molecule has 0 aliphatic rings. The molecule has 0 saturated heterocycles. The van der Waals surface area contributed by atoms with Crippen molar-refractivity contribution >= 4 is 40.1 Å². The van der Waals surface area contributed by atoms with Crippen LogP contribution >= 0.6 is 22.9 Å². The van der Waals surface area contributed by atoms with E-state index >= 15 is 0 Å². The lowest BCUT2D eigenvalue weighted by atomic mass is 10.1. The molecular weight excluding hydrogens is 408 g/mol. The Balaban J connectivity index is 1.70. The third kappa shape index (κ3) is 5.37. The number of thiazole rings is 1. The fourth-order valence-electron chi connectivity index (χ4n) is 2.74. The summed E-state index contributed by atoms with van der Waals surface area (Å²) >= 11 is 7.49. The van der Waals surface area contributed by atoms with Gasteiger partial charge in [-0.3, -0.25) is 10.1 Å². The van der Waals surface area contributed by atoms with Crippen molar-refractivity contribution < 1.29 is 14.3 Å². The summed E-state index contributed by atoms with van der Waals surface area (Å²) in [5, 5.41) is 4.00. The van der Waals surface area contributed by atoms with Gasteiger partial charge in [-0.2, -0.15) is 0 Å². The van der Waals surface area contributed by atoms with Crippen molar-refractivity contribution in [3.8, 4) is 22.8 Å². The maximum atomic E-state index is 12.3. The summed E-state index contributed by atoms with van der Waals surface area (Å²) < 4.78 is 10.8. The number of rotatable bonds is 7. The number of halogens is 1. The third-order valence-electron chi connectivity index (χ3n) is 4.04. The number of aromatic nitrogens is 1. The van der Waals surface area contributed by atoms with Gasteiger partial charge in [0.1, 0.15) is 0 Å². The average molecular weight is 429 g/mol. The zero-order valence-electron chi connectivity index (χ0n) is 16.4. The Morgan fingerprint density at radius 2 is 2.07 bits per heavy atom. The van der Waals surface area contributed by atoms with Crippen molar-refractivity contribution in [2.24, 2.45) is 0 Å². The Bertz CT molecular complexity index is 1050. The van der Waals surface area contributed by atoms with Crippen molar-refractivity contribution in [2.75, 3.05) is 19.0 Å².